The van der Waals surface area contributed by atoms with E-state index in [1.807, 2.05) is 0 Å². The van der Waals surface area contributed by atoms with Crippen molar-refractivity contribution in [3.63, 3.8) is 0 Å². The van der Waals surface area contributed by atoms with Crippen LogP contribution >= 0.6 is 25.5 Å². The molecule has 4 rings (SSSR count). The molecule has 0 aromatic heterocycles. The van der Waals surface area contributed by atoms with Crippen LogP contribution in [-0.2, 0) is 31.6 Å². The second-order valence-electron chi connectivity index (χ2n) is 8.37. The van der Waals surface area contributed by atoms with Crippen LogP contribution in [0.1, 0.15) is 6.92 Å². The molecule has 0 bridgehead atoms. The topological polar surface area (TPSA) is 55.4 Å². The molecule has 212 valence electrons. The van der Waals surface area contributed by atoms with E-state index in [1.165, 1.54) is 47.6 Å². The van der Waals surface area contributed by atoms with Gasteiger partial charge < -0.3 is 14.8 Å². The fourth-order valence-corrected chi connectivity index (χ4v) is 9.07. The van der Waals surface area contributed by atoms with Crippen molar-refractivity contribution in [1.29, 1.82) is 0 Å². The smallest absolute Gasteiger partial charge is 0.0967 e. The van der Waals surface area contributed by atoms with Crippen molar-refractivity contribution in [2.75, 3.05) is 32.5 Å². The molecule has 0 atom stereocenters. The van der Waals surface area contributed by atoms with E-state index < -0.39 is 15.8 Å². The van der Waals surface area contributed by atoms with Gasteiger partial charge in [0.05, 0.1) is 56.5 Å². The monoisotopic (exact) mass is 684 g/mol. The van der Waals surface area contributed by atoms with E-state index in [1.54, 1.807) is 17.3 Å². The summed E-state index contributed by atoms with van der Waals surface area (Å²) in [7, 11) is 4.44. The van der Waals surface area contributed by atoms with Crippen molar-refractivity contribution in [2.45, 2.75) is 6.92 Å². The number of hydrogen-bond donors (Lipinski definition) is 1. The third kappa shape index (κ3) is 13.9. The van der Waals surface area contributed by atoms with Crippen LogP contribution in [0, 0.1) is 0 Å². The van der Waals surface area contributed by atoms with E-state index >= 15 is 0 Å². The first kappa shape index (κ1) is 35.8. The fourth-order valence-electron chi connectivity index (χ4n) is 4.02. The predicted molar refractivity (Wildman–Crippen MR) is 175 cm³/mol. The summed E-state index contributed by atoms with van der Waals surface area (Å²) in [4.78, 5) is 17.3. The molecule has 0 amide bonds. The number of esters is 1. The number of hydrogen-bond acceptors (Lipinski definition) is 4. The Morgan fingerprint density at radius 1 is 0.650 bits per heavy atom. The molecule has 0 aliphatic carbocycles. The molecule has 1 N–H and O–H groups in total. The summed E-state index contributed by atoms with van der Waals surface area (Å²) in [5, 5.41) is 9.77. The summed E-state index contributed by atoms with van der Waals surface area (Å²) in [5.74, 6) is -0.245. The SMILES string of the molecule is COC(C)=O.[CH-]=O.[Cl][RuH+2].c1ccc([PH+](CCNCC[PH+](c2ccccc2)c2ccccc2)c2ccccc2)cc1. The van der Waals surface area contributed by atoms with Crippen LogP contribution in [-0.4, -0.2) is 45.3 Å². The van der Waals surface area contributed by atoms with Gasteiger partial charge in [-0.05, 0) is 48.5 Å². The minimum absolute atomic E-state index is 0.245. The number of rotatable bonds is 10. The number of ether oxygens (including phenoxy) is 1. The van der Waals surface area contributed by atoms with E-state index in [0.717, 1.165) is 13.1 Å². The summed E-state index contributed by atoms with van der Waals surface area (Å²) in [6.07, 6.45) is 2.41. The Balaban J connectivity index is 0.000000789. The van der Waals surface area contributed by atoms with Crippen molar-refractivity contribution in [3.05, 3.63) is 121 Å². The number of nitrogens with one attached hydrogen (secondary N) is 1. The maximum atomic E-state index is 9.59. The quantitative estimate of drug-likeness (QED) is 0.0662. The molecule has 0 saturated carbocycles. The molecule has 0 aliphatic rings. The maximum absolute atomic E-state index is 9.59. The molecule has 0 aliphatic heterocycles. The second-order valence-corrected chi connectivity index (χ2v) is 13.6. The minimum atomic E-state index is -0.758. The average Bonchev–Trinajstić information content (AvgIpc) is 3.04. The molecule has 0 unspecified atom stereocenters. The van der Waals surface area contributed by atoms with Crippen LogP contribution in [0.2, 0.25) is 0 Å². The van der Waals surface area contributed by atoms with E-state index in [0.29, 0.717) is 0 Å². The van der Waals surface area contributed by atoms with Gasteiger partial charge in [0.1, 0.15) is 0 Å². The van der Waals surface area contributed by atoms with Gasteiger partial charge in [-0.1, -0.05) is 72.8 Å². The van der Waals surface area contributed by atoms with Crippen LogP contribution in [0.3, 0.4) is 0 Å². The molecule has 8 heteroatoms. The molecule has 0 radical (unpaired) electrons. The molecule has 0 fully saturated rings. The zero-order valence-corrected chi connectivity index (χ0v) is 27.5. The van der Waals surface area contributed by atoms with Gasteiger partial charge in [-0.25, -0.2) is 0 Å². The van der Waals surface area contributed by atoms with Crippen LogP contribution in [0.4, 0.5) is 0 Å². The van der Waals surface area contributed by atoms with Crippen LogP contribution < -0.4 is 26.5 Å². The molecule has 40 heavy (non-hydrogen) atoms. The molecule has 0 saturated heterocycles. The largest absolute Gasteiger partial charge is 0.310 e. The Morgan fingerprint density at radius 2 is 0.875 bits per heavy atom. The summed E-state index contributed by atoms with van der Waals surface area (Å²) in [5.41, 5.74) is 0. The average molecular weight is 684 g/mol. The Hall–Kier alpha value is -2.25. The molecular weight excluding hydrogens is 645 g/mol. The zero-order valence-electron chi connectivity index (χ0n) is 22.9. The zero-order chi connectivity index (χ0) is 29.4. The number of carbonyl (C=O) groups is 1. The summed E-state index contributed by atoms with van der Waals surface area (Å²) in [6, 6.07) is 44.2. The standard InChI is InChI=1S/C28H29NP2.C3H6O2.CHO.ClH.Ru.H/c1-5-13-25(14-6-1)30(26-15-7-2-8-16-26)23-21-29-22-24-31(27-17-9-3-10-18-27)28-19-11-4-12-20-28;1-3(4)5-2;1-2;;;/h1-20,29H,21-24H2;1-2H3;1H;1H;;/q;;-1;;+3;/p+1. The maximum Gasteiger partial charge on any atom is 0.0967 e. The molecule has 4 aromatic rings. The molecule has 0 spiro atoms. The van der Waals surface area contributed by atoms with Gasteiger partial charge in [-0.15, -0.1) is 0 Å². The van der Waals surface area contributed by atoms with E-state index in [-0.39, 0.29) is 5.97 Å². The minimum Gasteiger partial charge on any atom is -0.310 e. The Kier molecular flexibility index (Phi) is 21.0. The summed E-state index contributed by atoms with van der Waals surface area (Å²) in [6.45, 7) is 6.74. The fraction of sp³-hybridized carbons (Fsp3) is 0.188. The van der Waals surface area contributed by atoms with Gasteiger partial charge in [0.15, 0.2) is 0 Å². The second kappa shape index (κ2) is 23.5. The first-order valence-electron chi connectivity index (χ1n) is 12.8. The Morgan fingerprint density at radius 3 is 1.07 bits per heavy atom. The van der Waals surface area contributed by atoms with Gasteiger partial charge in [-0.2, -0.15) is 0 Å². The number of benzene rings is 4. The van der Waals surface area contributed by atoms with Gasteiger partial charge in [0.25, 0.3) is 0 Å². The van der Waals surface area contributed by atoms with Crippen molar-refractivity contribution in [1.82, 2.24) is 5.32 Å². The Bertz CT molecular complexity index is 996. The summed E-state index contributed by atoms with van der Waals surface area (Å²) < 4.78 is 4.11. The van der Waals surface area contributed by atoms with Gasteiger partial charge in [0.2, 0.25) is 0 Å². The van der Waals surface area contributed by atoms with Gasteiger partial charge in [-0.3, -0.25) is 11.6 Å². The van der Waals surface area contributed by atoms with Crippen molar-refractivity contribution < 1.29 is 31.6 Å². The van der Waals surface area contributed by atoms with Gasteiger partial charge in [0, 0.05) is 20.0 Å². The van der Waals surface area contributed by atoms with Gasteiger partial charge >= 0.3 is 33.0 Å². The van der Waals surface area contributed by atoms with Crippen molar-refractivity contribution >= 4 is 59.5 Å². The number of halogens is 1. The van der Waals surface area contributed by atoms with E-state index in [4.69, 9.17) is 4.79 Å². The normalized spacial score (nSPS) is 9.75. The third-order valence-corrected chi connectivity index (χ3v) is 11.5. The first-order valence-corrected chi connectivity index (χ1v) is 18.6. The Labute approximate surface area is 256 Å². The first-order chi connectivity index (χ1) is 19.7. The molecule has 0 heterocycles. The van der Waals surface area contributed by atoms with Crippen LogP contribution in [0.5, 0.6) is 0 Å². The molecule has 4 aromatic carbocycles. The van der Waals surface area contributed by atoms with Crippen molar-refractivity contribution in [3.8, 4) is 0 Å². The van der Waals surface area contributed by atoms with E-state index in [2.05, 4.69) is 148 Å². The van der Waals surface area contributed by atoms with Crippen LogP contribution in [0.25, 0.3) is 0 Å². The van der Waals surface area contributed by atoms with E-state index in [9.17, 15) is 4.79 Å². The van der Waals surface area contributed by atoms with Crippen LogP contribution in [0.15, 0.2) is 121 Å². The molecule has 4 nitrogen and oxygen atoms in total. The number of methoxy groups -OCH3 is 1. The summed E-state index contributed by atoms with van der Waals surface area (Å²) >= 11 is 1.62. The predicted octanol–water partition coefficient (Wildman–Crippen LogP) is 4.63. The number of carbonyl (C=O) groups excluding carboxylic acids is 2. The molecular formula is C32H39ClNO3P2Ru+3. The third-order valence-electron chi connectivity index (χ3n) is 5.88. The van der Waals surface area contributed by atoms with Crippen molar-refractivity contribution in [2.24, 2.45) is 0 Å².